The molecule has 0 unspecified atom stereocenters. The predicted molar refractivity (Wildman–Crippen MR) is 110 cm³/mol. The standard InChI is InChI=1S/C24H24O4/c25-16-17(15-24(28)18-8-2-1-3-9-18)7-6-12-22(26)21-13-14-23(27)20-11-5-4-10-19(20)21/h1-6,8-11,13-14,22,24-28H,12,15-16H2/t7?,22-,24-/m1/s1. The van der Waals surface area contributed by atoms with Gasteiger partial charge in [-0.1, -0.05) is 60.7 Å². The van der Waals surface area contributed by atoms with Crippen molar-refractivity contribution < 1.29 is 20.4 Å². The largest absolute Gasteiger partial charge is 0.507 e. The highest BCUT2D eigenvalue weighted by atomic mass is 16.3. The van der Waals surface area contributed by atoms with E-state index < -0.39 is 12.2 Å². The first-order chi connectivity index (χ1) is 13.6. The summed E-state index contributed by atoms with van der Waals surface area (Å²) in [5.74, 6) is 0.180. The zero-order valence-electron chi connectivity index (χ0n) is 15.5. The first kappa shape index (κ1) is 19.9. The Labute approximate surface area is 164 Å². The van der Waals surface area contributed by atoms with E-state index in [9.17, 15) is 20.4 Å². The summed E-state index contributed by atoms with van der Waals surface area (Å²) in [7, 11) is 0. The number of aliphatic hydroxyl groups is 3. The molecule has 3 aromatic carbocycles. The lowest BCUT2D eigenvalue weighted by Crippen LogP contribution is -2.01. The number of benzene rings is 3. The van der Waals surface area contributed by atoms with Crippen LogP contribution < -0.4 is 0 Å². The SMILES string of the molecule is OCC(=C=CC[C@@H](O)c1ccc(O)c2ccccc12)C[C@@H](O)c1ccccc1. The van der Waals surface area contributed by atoms with E-state index >= 15 is 0 Å². The number of phenolic OH excluding ortho intramolecular Hbond substituents is 1. The minimum atomic E-state index is -0.767. The van der Waals surface area contributed by atoms with E-state index in [4.69, 9.17) is 0 Å². The van der Waals surface area contributed by atoms with Crippen molar-refractivity contribution in [1.82, 2.24) is 0 Å². The van der Waals surface area contributed by atoms with Gasteiger partial charge in [0.1, 0.15) is 5.75 Å². The third-order valence-electron chi connectivity index (χ3n) is 4.76. The number of hydrogen-bond acceptors (Lipinski definition) is 4. The summed E-state index contributed by atoms with van der Waals surface area (Å²) in [4.78, 5) is 0. The molecule has 28 heavy (non-hydrogen) atoms. The lowest BCUT2D eigenvalue weighted by molar-refractivity contribution is 0.172. The van der Waals surface area contributed by atoms with Crippen molar-refractivity contribution in [3.63, 3.8) is 0 Å². The van der Waals surface area contributed by atoms with Crippen LogP contribution in [-0.4, -0.2) is 27.0 Å². The molecule has 0 heterocycles. The quantitative estimate of drug-likeness (QED) is 0.467. The minimum Gasteiger partial charge on any atom is -0.507 e. The molecular weight excluding hydrogens is 352 g/mol. The Morgan fingerprint density at radius 3 is 2.25 bits per heavy atom. The Morgan fingerprint density at radius 2 is 1.54 bits per heavy atom. The van der Waals surface area contributed by atoms with Gasteiger partial charge in [-0.15, -0.1) is 5.73 Å². The Balaban J connectivity index is 1.74. The smallest absolute Gasteiger partial charge is 0.123 e. The Bertz CT molecular complexity index is 988. The number of rotatable bonds is 7. The van der Waals surface area contributed by atoms with E-state index in [2.05, 4.69) is 5.73 Å². The van der Waals surface area contributed by atoms with Crippen LogP contribution in [0.4, 0.5) is 0 Å². The van der Waals surface area contributed by atoms with E-state index in [-0.39, 0.29) is 18.8 Å². The maximum absolute atomic E-state index is 10.6. The summed E-state index contributed by atoms with van der Waals surface area (Å²) in [6.45, 7) is -0.210. The highest BCUT2D eigenvalue weighted by Crippen LogP contribution is 2.32. The van der Waals surface area contributed by atoms with Crippen molar-refractivity contribution in [3.8, 4) is 5.75 Å². The molecule has 0 saturated carbocycles. The van der Waals surface area contributed by atoms with Gasteiger partial charge in [0.15, 0.2) is 0 Å². The monoisotopic (exact) mass is 376 g/mol. The Kier molecular flexibility index (Phi) is 6.64. The van der Waals surface area contributed by atoms with E-state index in [1.807, 2.05) is 54.6 Å². The number of aliphatic hydroxyl groups excluding tert-OH is 3. The molecule has 4 N–H and O–H groups in total. The second-order valence-corrected chi connectivity index (χ2v) is 6.71. The average Bonchev–Trinajstić information content (AvgIpc) is 2.74. The Hall–Kier alpha value is -2.88. The fourth-order valence-corrected chi connectivity index (χ4v) is 3.23. The molecule has 0 bridgehead atoms. The summed E-state index contributed by atoms with van der Waals surface area (Å²) in [6.07, 6.45) is 0.775. The molecule has 3 aromatic rings. The van der Waals surface area contributed by atoms with Crippen LogP contribution in [0, 0.1) is 0 Å². The number of phenols is 1. The average molecular weight is 376 g/mol. The van der Waals surface area contributed by atoms with Gasteiger partial charge in [-0.3, -0.25) is 0 Å². The first-order valence-corrected chi connectivity index (χ1v) is 9.25. The summed E-state index contributed by atoms with van der Waals surface area (Å²) < 4.78 is 0. The van der Waals surface area contributed by atoms with Gasteiger partial charge in [-0.25, -0.2) is 0 Å². The van der Waals surface area contributed by atoms with Gasteiger partial charge in [-0.2, -0.15) is 0 Å². The molecule has 0 aliphatic rings. The molecule has 0 aromatic heterocycles. The molecule has 4 nitrogen and oxygen atoms in total. The van der Waals surface area contributed by atoms with Crippen LogP contribution >= 0.6 is 0 Å². The third-order valence-corrected chi connectivity index (χ3v) is 4.76. The van der Waals surface area contributed by atoms with Crippen molar-refractivity contribution in [2.45, 2.75) is 25.0 Å². The fraction of sp³-hybridized carbons (Fsp3) is 0.208. The number of fused-ring (bicyclic) bond motifs is 1. The highest BCUT2D eigenvalue weighted by Gasteiger charge is 2.12. The first-order valence-electron chi connectivity index (χ1n) is 9.25. The van der Waals surface area contributed by atoms with Gasteiger partial charge in [-0.05, 0) is 34.2 Å². The number of aromatic hydroxyl groups is 1. The summed E-state index contributed by atoms with van der Waals surface area (Å²) in [5.41, 5.74) is 5.08. The van der Waals surface area contributed by atoms with Gasteiger partial charge in [0.05, 0.1) is 18.8 Å². The van der Waals surface area contributed by atoms with Crippen molar-refractivity contribution in [2.75, 3.05) is 6.61 Å². The van der Waals surface area contributed by atoms with E-state index in [1.165, 1.54) is 0 Å². The van der Waals surface area contributed by atoms with Crippen molar-refractivity contribution in [3.05, 3.63) is 95.2 Å². The van der Waals surface area contributed by atoms with Crippen LogP contribution in [0.3, 0.4) is 0 Å². The van der Waals surface area contributed by atoms with Crippen LogP contribution in [0.1, 0.15) is 36.2 Å². The third kappa shape index (κ3) is 4.69. The molecule has 0 aliphatic carbocycles. The van der Waals surface area contributed by atoms with Crippen LogP contribution in [0.2, 0.25) is 0 Å². The molecule has 0 fully saturated rings. The minimum absolute atomic E-state index is 0.180. The molecule has 0 spiro atoms. The molecule has 144 valence electrons. The summed E-state index contributed by atoms with van der Waals surface area (Å²) in [5, 5.41) is 41.9. The second-order valence-electron chi connectivity index (χ2n) is 6.71. The van der Waals surface area contributed by atoms with E-state index in [0.717, 1.165) is 16.5 Å². The number of hydrogen-bond donors (Lipinski definition) is 4. The lowest BCUT2D eigenvalue weighted by atomic mass is 9.97. The summed E-state index contributed by atoms with van der Waals surface area (Å²) in [6, 6.07) is 19.9. The topological polar surface area (TPSA) is 80.9 Å². The van der Waals surface area contributed by atoms with E-state index in [0.29, 0.717) is 17.4 Å². The van der Waals surface area contributed by atoms with Crippen LogP contribution in [0.15, 0.2) is 84.1 Å². The van der Waals surface area contributed by atoms with Crippen molar-refractivity contribution in [2.24, 2.45) is 0 Å². The van der Waals surface area contributed by atoms with Crippen LogP contribution in [0.5, 0.6) is 5.75 Å². The molecule has 0 saturated heterocycles. The van der Waals surface area contributed by atoms with Gasteiger partial charge in [0.25, 0.3) is 0 Å². The van der Waals surface area contributed by atoms with Gasteiger partial charge in [0, 0.05) is 18.2 Å². The fourth-order valence-electron chi connectivity index (χ4n) is 3.23. The van der Waals surface area contributed by atoms with E-state index in [1.54, 1.807) is 18.2 Å². The lowest BCUT2D eigenvalue weighted by Gasteiger charge is -2.13. The zero-order chi connectivity index (χ0) is 19.9. The van der Waals surface area contributed by atoms with Gasteiger partial charge >= 0.3 is 0 Å². The molecule has 0 radical (unpaired) electrons. The molecule has 2 atom stereocenters. The maximum Gasteiger partial charge on any atom is 0.123 e. The molecule has 4 heteroatoms. The predicted octanol–water partition coefficient (Wildman–Crippen LogP) is 4.17. The molecular formula is C24H24O4. The molecule has 0 aliphatic heterocycles. The normalized spacial score (nSPS) is 13.0. The van der Waals surface area contributed by atoms with Crippen molar-refractivity contribution in [1.29, 1.82) is 0 Å². The Morgan fingerprint density at radius 1 is 0.857 bits per heavy atom. The molecule has 3 rings (SSSR count). The van der Waals surface area contributed by atoms with Gasteiger partial charge < -0.3 is 20.4 Å². The second kappa shape index (κ2) is 9.36. The maximum atomic E-state index is 10.6. The highest BCUT2D eigenvalue weighted by molar-refractivity contribution is 5.91. The van der Waals surface area contributed by atoms with Crippen LogP contribution in [-0.2, 0) is 0 Å². The van der Waals surface area contributed by atoms with Crippen molar-refractivity contribution >= 4 is 10.8 Å². The zero-order valence-corrected chi connectivity index (χ0v) is 15.5. The molecule has 0 amide bonds. The van der Waals surface area contributed by atoms with Gasteiger partial charge in [0.2, 0.25) is 0 Å². The summed E-state index contributed by atoms with van der Waals surface area (Å²) >= 11 is 0. The van der Waals surface area contributed by atoms with Crippen LogP contribution in [0.25, 0.3) is 10.8 Å².